The predicted octanol–water partition coefficient (Wildman–Crippen LogP) is 1.70. The van der Waals surface area contributed by atoms with Crippen LogP contribution in [0.2, 0.25) is 0 Å². The molecule has 0 amide bonds. The second-order valence-corrected chi connectivity index (χ2v) is 4.93. The van der Waals surface area contributed by atoms with Crippen molar-refractivity contribution in [2.75, 3.05) is 6.61 Å². The molecule has 6 nitrogen and oxygen atoms in total. The number of carbonyl (C=O) groups is 1. The van der Waals surface area contributed by atoms with Gasteiger partial charge in [0, 0.05) is 0 Å². The monoisotopic (exact) mass is 289 g/mol. The molecule has 0 unspecified atom stereocenters. The van der Waals surface area contributed by atoms with Crippen LogP contribution in [0.1, 0.15) is 55.2 Å². The molecule has 20 heavy (non-hydrogen) atoms. The van der Waals surface area contributed by atoms with Crippen LogP contribution in [-0.4, -0.2) is 38.3 Å². The molecule has 0 bridgehead atoms. The standard InChI is InChI=1S/C12H17F2N3O3/c1-2-20-11(18)8-9(10(13)14)17(16-15-8)7-12(19)5-3-4-6-12/h10,19H,2-7H2,1H3. The zero-order valence-electron chi connectivity index (χ0n) is 11.2. The van der Waals surface area contributed by atoms with Gasteiger partial charge in [-0.1, -0.05) is 18.1 Å². The summed E-state index contributed by atoms with van der Waals surface area (Å²) in [6.45, 7) is 1.56. The summed E-state index contributed by atoms with van der Waals surface area (Å²) < 4.78 is 31.9. The van der Waals surface area contributed by atoms with Gasteiger partial charge in [0.25, 0.3) is 6.43 Å². The van der Waals surface area contributed by atoms with Crippen molar-refractivity contribution in [1.82, 2.24) is 15.0 Å². The molecule has 0 atom stereocenters. The zero-order chi connectivity index (χ0) is 14.8. The van der Waals surface area contributed by atoms with Gasteiger partial charge in [0.2, 0.25) is 0 Å². The van der Waals surface area contributed by atoms with Crippen molar-refractivity contribution in [1.29, 1.82) is 0 Å². The van der Waals surface area contributed by atoms with Gasteiger partial charge in [0.05, 0.1) is 18.8 Å². The van der Waals surface area contributed by atoms with Crippen LogP contribution in [0.3, 0.4) is 0 Å². The number of hydrogen-bond donors (Lipinski definition) is 1. The van der Waals surface area contributed by atoms with Crippen molar-refractivity contribution in [2.45, 2.75) is 51.2 Å². The maximum atomic E-state index is 13.1. The van der Waals surface area contributed by atoms with Gasteiger partial charge in [-0.15, -0.1) is 5.10 Å². The van der Waals surface area contributed by atoms with Crippen molar-refractivity contribution in [3.8, 4) is 0 Å². The van der Waals surface area contributed by atoms with Gasteiger partial charge >= 0.3 is 5.97 Å². The summed E-state index contributed by atoms with van der Waals surface area (Å²) in [5.74, 6) is -0.924. The van der Waals surface area contributed by atoms with E-state index >= 15 is 0 Å². The number of nitrogens with zero attached hydrogens (tertiary/aromatic N) is 3. The second-order valence-electron chi connectivity index (χ2n) is 4.93. The highest BCUT2D eigenvalue weighted by molar-refractivity contribution is 5.88. The third-order valence-electron chi connectivity index (χ3n) is 3.43. The minimum absolute atomic E-state index is 0.0678. The molecule has 1 fully saturated rings. The molecule has 112 valence electrons. The van der Waals surface area contributed by atoms with Crippen molar-refractivity contribution < 1.29 is 23.4 Å². The number of halogens is 2. The summed E-state index contributed by atoms with van der Waals surface area (Å²) in [6.07, 6.45) is -0.150. The molecule has 1 heterocycles. The van der Waals surface area contributed by atoms with E-state index in [1.807, 2.05) is 0 Å². The maximum absolute atomic E-state index is 13.1. The van der Waals surface area contributed by atoms with Crippen molar-refractivity contribution in [2.24, 2.45) is 0 Å². The van der Waals surface area contributed by atoms with E-state index in [4.69, 9.17) is 0 Å². The van der Waals surface area contributed by atoms with Crippen molar-refractivity contribution in [3.63, 3.8) is 0 Å². The molecule has 0 saturated heterocycles. The van der Waals surface area contributed by atoms with Crippen molar-refractivity contribution >= 4 is 5.97 Å². The maximum Gasteiger partial charge on any atom is 0.361 e. The number of alkyl halides is 2. The molecule has 2 rings (SSSR count). The summed E-state index contributed by atoms with van der Waals surface area (Å²) in [5.41, 5.74) is -2.13. The average molecular weight is 289 g/mol. The topological polar surface area (TPSA) is 77.2 Å². The average Bonchev–Trinajstić information content (AvgIpc) is 2.96. The van der Waals surface area contributed by atoms with Crippen LogP contribution in [-0.2, 0) is 11.3 Å². The summed E-state index contributed by atoms with van der Waals surface area (Å²) in [6, 6.07) is 0. The molecule has 0 radical (unpaired) electrons. The Hall–Kier alpha value is -1.57. The van der Waals surface area contributed by atoms with Gasteiger partial charge in [0.15, 0.2) is 5.69 Å². The van der Waals surface area contributed by atoms with Crippen LogP contribution in [0.5, 0.6) is 0 Å². The van der Waals surface area contributed by atoms with Crippen LogP contribution < -0.4 is 0 Å². The number of aliphatic hydroxyl groups is 1. The normalized spacial score (nSPS) is 17.6. The lowest BCUT2D eigenvalue weighted by Gasteiger charge is -2.22. The van der Waals surface area contributed by atoms with Crippen molar-refractivity contribution in [3.05, 3.63) is 11.4 Å². The quantitative estimate of drug-likeness (QED) is 0.835. The highest BCUT2D eigenvalue weighted by Gasteiger charge is 2.35. The fraction of sp³-hybridized carbons (Fsp3) is 0.750. The molecular weight excluding hydrogens is 272 g/mol. The highest BCUT2D eigenvalue weighted by Crippen LogP contribution is 2.32. The van der Waals surface area contributed by atoms with E-state index in [0.29, 0.717) is 12.8 Å². The first-order valence-electron chi connectivity index (χ1n) is 6.58. The summed E-state index contributed by atoms with van der Waals surface area (Å²) in [4.78, 5) is 11.6. The zero-order valence-corrected chi connectivity index (χ0v) is 11.2. The lowest BCUT2D eigenvalue weighted by atomic mass is 10.0. The van der Waals surface area contributed by atoms with Gasteiger partial charge < -0.3 is 9.84 Å². The second kappa shape index (κ2) is 5.82. The number of rotatable bonds is 5. The van der Waals surface area contributed by atoms with Crippen LogP contribution >= 0.6 is 0 Å². The summed E-state index contributed by atoms with van der Waals surface area (Å²) in [7, 11) is 0. The third-order valence-corrected chi connectivity index (χ3v) is 3.43. The van der Waals surface area contributed by atoms with E-state index in [2.05, 4.69) is 15.0 Å². The highest BCUT2D eigenvalue weighted by atomic mass is 19.3. The van der Waals surface area contributed by atoms with Gasteiger partial charge in [-0.2, -0.15) is 0 Å². The number of aromatic nitrogens is 3. The molecule has 1 saturated carbocycles. The Kier molecular flexibility index (Phi) is 4.32. The molecule has 8 heteroatoms. The van der Waals surface area contributed by atoms with Crippen LogP contribution in [0.15, 0.2) is 0 Å². The molecule has 1 aromatic rings. The van der Waals surface area contributed by atoms with E-state index in [1.165, 1.54) is 0 Å². The Morgan fingerprint density at radius 3 is 2.70 bits per heavy atom. The van der Waals surface area contributed by atoms with E-state index in [9.17, 15) is 18.7 Å². The number of carbonyl (C=O) groups excluding carboxylic acids is 1. The van der Waals surface area contributed by atoms with E-state index in [1.54, 1.807) is 6.92 Å². The first-order chi connectivity index (χ1) is 9.47. The predicted molar refractivity (Wildman–Crippen MR) is 64.4 cm³/mol. The molecule has 0 aliphatic heterocycles. The Morgan fingerprint density at radius 1 is 1.50 bits per heavy atom. The van der Waals surface area contributed by atoms with Gasteiger partial charge in [-0.05, 0) is 19.8 Å². The van der Waals surface area contributed by atoms with Gasteiger partial charge in [0.1, 0.15) is 5.69 Å². The first-order valence-corrected chi connectivity index (χ1v) is 6.58. The van der Waals surface area contributed by atoms with E-state index in [-0.39, 0.29) is 13.2 Å². The SMILES string of the molecule is CCOC(=O)c1nnn(CC2(O)CCCC2)c1C(F)F. The molecule has 1 aliphatic rings. The molecule has 1 aromatic heterocycles. The molecule has 1 aliphatic carbocycles. The fourth-order valence-electron chi connectivity index (χ4n) is 2.47. The fourth-order valence-corrected chi connectivity index (χ4v) is 2.47. The largest absolute Gasteiger partial charge is 0.461 e. The number of esters is 1. The Labute approximate surface area is 114 Å². The number of ether oxygens (including phenoxy) is 1. The van der Waals surface area contributed by atoms with Crippen LogP contribution in [0, 0.1) is 0 Å². The molecule has 1 N–H and O–H groups in total. The Bertz CT molecular complexity index is 484. The summed E-state index contributed by atoms with van der Waals surface area (Å²) in [5, 5.41) is 17.3. The first kappa shape index (κ1) is 14.8. The van der Waals surface area contributed by atoms with Crippen LogP contribution in [0.4, 0.5) is 8.78 Å². The van der Waals surface area contributed by atoms with Gasteiger partial charge in [-0.25, -0.2) is 18.3 Å². The third kappa shape index (κ3) is 2.95. The molecule has 0 aromatic carbocycles. The molecule has 0 spiro atoms. The minimum atomic E-state index is -2.91. The Balaban J connectivity index is 2.27. The van der Waals surface area contributed by atoms with Gasteiger partial charge in [-0.3, -0.25) is 0 Å². The minimum Gasteiger partial charge on any atom is -0.461 e. The van der Waals surface area contributed by atoms with E-state index in [0.717, 1.165) is 17.5 Å². The smallest absolute Gasteiger partial charge is 0.361 e. The lowest BCUT2D eigenvalue weighted by Crippen LogP contribution is -2.32. The summed E-state index contributed by atoms with van der Waals surface area (Å²) >= 11 is 0. The molecular formula is C12H17F2N3O3. The number of hydrogen-bond acceptors (Lipinski definition) is 5. The lowest BCUT2D eigenvalue weighted by molar-refractivity contribution is 0.0212. The van der Waals surface area contributed by atoms with E-state index < -0.39 is 29.4 Å². The van der Waals surface area contributed by atoms with Crippen LogP contribution in [0.25, 0.3) is 0 Å². The Morgan fingerprint density at radius 2 is 2.15 bits per heavy atom.